The van der Waals surface area contributed by atoms with Crippen molar-refractivity contribution in [3.05, 3.63) is 135 Å². The number of likely N-dealkylation sites (tertiary alicyclic amines) is 3. The average Bonchev–Trinajstić information content (AvgIpc) is 1.74. The second-order valence-electron chi connectivity index (χ2n) is 25.7. The molecule has 3 aliphatic rings. The quantitative estimate of drug-likeness (QED) is 0.0376. The third-order valence-electron chi connectivity index (χ3n) is 16.0. The molecule has 9 heterocycles. The number of H-pyrrole nitrogens is 3. The second kappa shape index (κ2) is 31.5. The van der Waals surface area contributed by atoms with Crippen LogP contribution in [-0.4, -0.2) is 151 Å². The molecule has 3 fully saturated rings. The molecule has 3 aliphatic heterocycles. The number of amides is 3. The Kier molecular flexibility index (Phi) is 23.1. The summed E-state index contributed by atoms with van der Waals surface area (Å²) in [5.74, 6) is 1.07. The number of carbonyl (C=O) groups is 4. The van der Waals surface area contributed by atoms with Crippen LogP contribution < -0.4 is 16.4 Å². The normalized spacial score (nSPS) is 14.9. The van der Waals surface area contributed by atoms with Gasteiger partial charge in [-0.15, -0.1) is 34.0 Å². The number of hydrogen-bond donors (Lipinski definition) is 6. The van der Waals surface area contributed by atoms with Crippen molar-refractivity contribution in [2.45, 2.75) is 149 Å². The number of rotatable bonds is 12. The van der Waals surface area contributed by atoms with Crippen LogP contribution in [0.25, 0.3) is 33.1 Å². The summed E-state index contributed by atoms with van der Waals surface area (Å²) in [6, 6.07) is 22.4. The molecule has 7 N–H and O–H groups in total. The summed E-state index contributed by atoms with van der Waals surface area (Å²) in [6.07, 6.45) is 5.38. The Bertz CT molecular complexity index is 4260. The maximum Gasteiger partial charge on any atom is 0.410 e. The van der Waals surface area contributed by atoms with Crippen LogP contribution in [0.15, 0.2) is 72.8 Å². The molecule has 0 radical (unpaired) electrons. The summed E-state index contributed by atoms with van der Waals surface area (Å²) in [6.45, 7) is 22.9. The van der Waals surface area contributed by atoms with Crippen LogP contribution >= 0.6 is 57.2 Å². The van der Waals surface area contributed by atoms with Gasteiger partial charge in [-0.05, 0) is 179 Å². The summed E-state index contributed by atoms with van der Waals surface area (Å²) in [7, 11) is 0. The minimum absolute atomic E-state index is 0.144. The Labute approximate surface area is 578 Å². The molecule has 30 heteroatoms. The molecule has 0 bridgehead atoms. The van der Waals surface area contributed by atoms with Gasteiger partial charge in [0.1, 0.15) is 50.9 Å². The Morgan fingerprint density at radius 2 is 0.906 bits per heavy atom. The maximum atomic E-state index is 12.5. The van der Waals surface area contributed by atoms with Crippen molar-refractivity contribution in [1.29, 1.82) is 0 Å². The third-order valence-corrected chi connectivity index (χ3v) is 20.4. The number of aryl methyl sites for hydroxylation is 3. The van der Waals surface area contributed by atoms with Crippen molar-refractivity contribution in [2.75, 3.05) is 55.6 Å². The van der Waals surface area contributed by atoms with Gasteiger partial charge in [0.2, 0.25) is 0 Å². The van der Waals surface area contributed by atoms with Crippen molar-refractivity contribution in [3.8, 4) is 0 Å². The van der Waals surface area contributed by atoms with E-state index in [1.54, 1.807) is 62.8 Å². The summed E-state index contributed by atoms with van der Waals surface area (Å²) < 4.78 is 16.4. The number of aromatic nitrogens is 12. The molecule has 10 aromatic rings. The first-order valence-electron chi connectivity index (χ1n) is 31.7. The zero-order chi connectivity index (χ0) is 68.3. The van der Waals surface area contributed by atoms with Crippen LogP contribution in [0.5, 0.6) is 0 Å². The van der Waals surface area contributed by atoms with Gasteiger partial charge in [-0.3, -0.25) is 4.79 Å². The molecule has 0 spiro atoms. The molecule has 4 aromatic carbocycles. The van der Waals surface area contributed by atoms with E-state index in [9.17, 15) is 19.2 Å². The largest absolute Gasteiger partial charge is 0.445 e. The average molecular weight is 1400 g/mol. The molecule has 508 valence electrons. The maximum absolute atomic E-state index is 12.5. The van der Waals surface area contributed by atoms with E-state index in [1.165, 1.54) is 26.1 Å². The number of aromatic amines is 3. The van der Waals surface area contributed by atoms with Gasteiger partial charge in [-0.2, -0.15) is 46.2 Å². The molecule has 0 unspecified atom stereocenters. The van der Waals surface area contributed by atoms with Crippen molar-refractivity contribution >= 4 is 132 Å². The SMILES string of the molecule is Cc1nc(C2CCN(C(=O)OC(C)(C)C)CC2)sc1C=O.Cc1nc(C2CCN(C(=O)OC(C)(C)C)CC2)sc1CNc1ccc2n[nH]nc2c1.Cc1nc(C2CCN(C(=O)OCc3cc(Cl)cc(Cl)c3)CC2)sc1CNc1ccc2n[nH]nc2c1.Nc1ccc2n[nH]nc2c1. The van der Waals surface area contributed by atoms with Gasteiger partial charge in [0.15, 0.2) is 6.29 Å². The van der Waals surface area contributed by atoms with E-state index >= 15 is 0 Å². The first-order valence-corrected chi connectivity index (χ1v) is 34.9. The van der Waals surface area contributed by atoms with Gasteiger partial charge in [0.25, 0.3) is 0 Å². The van der Waals surface area contributed by atoms with Gasteiger partial charge in [0, 0.05) is 93.9 Å². The van der Waals surface area contributed by atoms with Crippen LogP contribution in [0.1, 0.15) is 155 Å². The third kappa shape index (κ3) is 19.3. The van der Waals surface area contributed by atoms with E-state index in [0.717, 1.165) is 128 Å². The van der Waals surface area contributed by atoms with Gasteiger partial charge in [-0.1, -0.05) is 23.2 Å². The number of hydrogen-bond acceptors (Lipinski definition) is 22. The molecule has 25 nitrogen and oxygen atoms in total. The summed E-state index contributed by atoms with van der Waals surface area (Å²) >= 11 is 17.0. The molecule has 0 atom stereocenters. The predicted molar refractivity (Wildman–Crippen MR) is 376 cm³/mol. The smallest absolute Gasteiger partial charge is 0.410 e. The monoisotopic (exact) mass is 1400 g/mol. The van der Waals surface area contributed by atoms with Crippen LogP contribution in [0.3, 0.4) is 0 Å². The second-order valence-corrected chi connectivity index (χ2v) is 29.8. The highest BCUT2D eigenvalue weighted by atomic mass is 35.5. The van der Waals surface area contributed by atoms with E-state index < -0.39 is 11.2 Å². The molecule has 3 saturated heterocycles. The number of benzene rings is 4. The Morgan fingerprint density at radius 3 is 1.31 bits per heavy atom. The molecule has 6 aromatic heterocycles. The molecule has 96 heavy (non-hydrogen) atoms. The number of nitrogens with zero attached hydrogens (tertiary/aromatic N) is 12. The number of anilines is 3. The van der Waals surface area contributed by atoms with Crippen molar-refractivity contribution < 1.29 is 33.4 Å². The first kappa shape index (κ1) is 70.2. The Balaban J connectivity index is 0.000000149. The number of nitrogens with two attached hydrogens (primary N) is 1. The number of ether oxygens (including phenoxy) is 3. The van der Waals surface area contributed by atoms with Gasteiger partial charge in [-0.25, -0.2) is 29.3 Å². The van der Waals surface area contributed by atoms with Crippen molar-refractivity contribution in [2.24, 2.45) is 0 Å². The van der Waals surface area contributed by atoms with Gasteiger partial charge < -0.3 is 45.3 Å². The van der Waals surface area contributed by atoms with E-state index in [0.29, 0.717) is 84.2 Å². The Hall–Kier alpha value is -8.57. The van der Waals surface area contributed by atoms with Crippen molar-refractivity contribution in [3.63, 3.8) is 0 Å². The van der Waals surface area contributed by atoms with Gasteiger partial charge >= 0.3 is 18.3 Å². The Morgan fingerprint density at radius 1 is 0.531 bits per heavy atom. The number of nitrogen functional groups attached to an aromatic ring is 1. The van der Waals surface area contributed by atoms with E-state index in [2.05, 4.69) is 68.8 Å². The molecular formula is C66H80Cl2N18O7S3. The molecule has 0 aliphatic carbocycles. The zero-order valence-electron chi connectivity index (χ0n) is 55.1. The summed E-state index contributed by atoms with van der Waals surface area (Å²) in [5, 5.41) is 43.2. The molecule has 0 saturated carbocycles. The number of thiazole rings is 3. The summed E-state index contributed by atoms with van der Waals surface area (Å²) in [4.78, 5) is 70.3. The van der Waals surface area contributed by atoms with Crippen LogP contribution in [0.2, 0.25) is 10.0 Å². The minimum Gasteiger partial charge on any atom is -0.445 e. The molecule has 13 rings (SSSR count). The first-order chi connectivity index (χ1) is 45.9. The minimum atomic E-state index is -0.459. The van der Waals surface area contributed by atoms with E-state index in [1.807, 2.05) is 103 Å². The topological polar surface area (TPSA) is 319 Å². The predicted octanol–water partition coefficient (Wildman–Crippen LogP) is 14.5. The number of aldehydes is 1. The molecular weight excluding hydrogens is 1320 g/mol. The van der Waals surface area contributed by atoms with Crippen molar-refractivity contribution in [1.82, 2.24) is 75.9 Å². The fourth-order valence-electron chi connectivity index (χ4n) is 10.9. The standard InChI is InChI=1S/C24H24Cl2N6O2S.C21H28N6O2S.C15H22N2O3S.C6H6N4/c1-14-22(12-27-19-2-3-20-21(11-19)30-31-29-20)35-23(28-14)16-4-6-32(7-5-16)24(33)34-13-15-8-17(25)10-18(26)9-15;1-13-18(12-22-15-5-6-16-17(11-15)25-26-24-16)30-19(23-13)14-7-9-27(10-8-14)20(28)29-21(2,3)4;1-10-12(9-18)21-13(16-10)11-5-7-17(8-6-11)14(19)20-15(2,3)4;7-4-1-2-5-6(3-4)9-10-8-5/h2-3,8-11,16,27H,4-7,12-13H2,1H3,(H,29,30,31);5-6,11,14,22H,7-10,12H2,1-4H3,(H,24,25,26);9,11H,5-8H2,1-4H3;1-3H,7H2,(H,8,9,10). The number of halogens is 2. The highest BCUT2D eigenvalue weighted by Crippen LogP contribution is 2.37. The molecule has 3 amide bonds. The lowest BCUT2D eigenvalue weighted by molar-refractivity contribution is 0.0194. The van der Waals surface area contributed by atoms with Crippen LogP contribution in [-0.2, 0) is 33.9 Å². The number of fused-ring (bicyclic) bond motifs is 3. The highest BCUT2D eigenvalue weighted by Gasteiger charge is 2.32. The number of carbonyl (C=O) groups excluding carboxylic acids is 4. The zero-order valence-corrected chi connectivity index (χ0v) is 59.1. The van der Waals surface area contributed by atoms with Crippen LogP contribution in [0.4, 0.5) is 31.4 Å². The van der Waals surface area contributed by atoms with Crippen LogP contribution in [0, 0.1) is 20.8 Å². The lowest BCUT2D eigenvalue weighted by Crippen LogP contribution is -2.41. The van der Waals surface area contributed by atoms with E-state index in [4.69, 9.17) is 53.1 Å². The lowest BCUT2D eigenvalue weighted by atomic mass is 9.98. The number of piperidine rings is 3. The lowest BCUT2D eigenvalue weighted by Gasteiger charge is -2.32. The fourth-order valence-corrected chi connectivity index (χ4v) is 14.9. The fraction of sp³-hybridized carbons (Fsp3) is 0.439. The van der Waals surface area contributed by atoms with E-state index in [-0.39, 0.29) is 24.9 Å². The number of nitrogens with one attached hydrogen (secondary N) is 5. The highest BCUT2D eigenvalue weighted by molar-refractivity contribution is 7.13. The van der Waals surface area contributed by atoms with Gasteiger partial charge in [0.05, 0.1) is 50.1 Å². The summed E-state index contributed by atoms with van der Waals surface area (Å²) in [5.41, 5.74) is 16.0.